The summed E-state index contributed by atoms with van der Waals surface area (Å²) >= 11 is 0. The summed E-state index contributed by atoms with van der Waals surface area (Å²) < 4.78 is 0. The molecular formula is C9H16N2O. The predicted octanol–water partition coefficient (Wildman–Crippen LogP) is 0.361. The first kappa shape index (κ1) is 8.05. The summed E-state index contributed by atoms with van der Waals surface area (Å²) in [5, 5.41) is 3.41. The normalized spacial score (nSPS) is 30.2. The van der Waals surface area contributed by atoms with E-state index in [9.17, 15) is 4.79 Å². The van der Waals surface area contributed by atoms with Crippen LogP contribution in [0.4, 0.5) is 0 Å². The molecule has 1 unspecified atom stereocenters. The van der Waals surface area contributed by atoms with Crippen LogP contribution in [0, 0.1) is 0 Å². The number of rotatable bonds is 2. The van der Waals surface area contributed by atoms with Crippen LogP contribution in [0.15, 0.2) is 0 Å². The molecule has 0 aromatic heterocycles. The molecule has 1 atom stereocenters. The maximum absolute atomic E-state index is 11.3. The number of carbonyl (C=O) groups excluding carboxylic acids is 1. The minimum Gasteiger partial charge on any atom is -0.341 e. The second-order valence-electron chi connectivity index (χ2n) is 3.74. The van der Waals surface area contributed by atoms with Crippen molar-refractivity contribution in [2.75, 3.05) is 19.6 Å². The fourth-order valence-corrected chi connectivity index (χ4v) is 2.08. The Morgan fingerprint density at radius 2 is 2.42 bits per heavy atom. The molecule has 0 saturated carbocycles. The van der Waals surface area contributed by atoms with Crippen LogP contribution in [0.1, 0.15) is 25.7 Å². The maximum atomic E-state index is 11.3. The molecule has 0 spiro atoms. The molecule has 12 heavy (non-hydrogen) atoms. The van der Waals surface area contributed by atoms with Crippen LogP contribution in [-0.2, 0) is 4.79 Å². The van der Waals surface area contributed by atoms with Gasteiger partial charge in [-0.25, -0.2) is 0 Å². The number of carbonyl (C=O) groups is 1. The minimum absolute atomic E-state index is 0.351. The summed E-state index contributed by atoms with van der Waals surface area (Å²) in [6.07, 6.45) is 4.34. The van der Waals surface area contributed by atoms with Gasteiger partial charge < -0.3 is 10.2 Å². The van der Waals surface area contributed by atoms with Gasteiger partial charge in [0.05, 0.1) is 0 Å². The molecule has 0 radical (unpaired) electrons. The van der Waals surface area contributed by atoms with Gasteiger partial charge in [0.15, 0.2) is 0 Å². The minimum atomic E-state index is 0.351. The Hall–Kier alpha value is -0.570. The van der Waals surface area contributed by atoms with Crippen molar-refractivity contribution in [1.82, 2.24) is 10.2 Å². The van der Waals surface area contributed by atoms with Crippen LogP contribution in [-0.4, -0.2) is 36.5 Å². The van der Waals surface area contributed by atoms with E-state index in [4.69, 9.17) is 0 Å². The average Bonchev–Trinajstić information content (AvgIpc) is 2.65. The molecule has 2 fully saturated rings. The van der Waals surface area contributed by atoms with E-state index in [-0.39, 0.29) is 0 Å². The van der Waals surface area contributed by atoms with Gasteiger partial charge in [-0.3, -0.25) is 4.79 Å². The molecule has 2 aliphatic rings. The lowest BCUT2D eigenvalue weighted by molar-refractivity contribution is -0.127. The van der Waals surface area contributed by atoms with Crippen molar-refractivity contribution >= 4 is 5.91 Å². The van der Waals surface area contributed by atoms with Gasteiger partial charge in [0, 0.05) is 25.6 Å². The van der Waals surface area contributed by atoms with Crippen LogP contribution in [0.2, 0.25) is 0 Å². The fraction of sp³-hybridized carbons (Fsp3) is 0.889. The fourth-order valence-electron chi connectivity index (χ4n) is 2.08. The third-order valence-electron chi connectivity index (χ3n) is 2.77. The zero-order valence-corrected chi connectivity index (χ0v) is 7.38. The average molecular weight is 168 g/mol. The molecule has 2 rings (SSSR count). The smallest absolute Gasteiger partial charge is 0.222 e. The third kappa shape index (κ3) is 1.61. The Kier molecular flexibility index (Phi) is 2.30. The second-order valence-corrected chi connectivity index (χ2v) is 3.74. The van der Waals surface area contributed by atoms with E-state index in [2.05, 4.69) is 5.32 Å². The highest BCUT2D eigenvalue weighted by Crippen LogP contribution is 2.13. The lowest BCUT2D eigenvalue weighted by Crippen LogP contribution is -2.38. The number of likely N-dealkylation sites (tertiary alicyclic amines) is 1. The van der Waals surface area contributed by atoms with Crippen molar-refractivity contribution in [3.8, 4) is 0 Å². The van der Waals surface area contributed by atoms with Crippen molar-refractivity contribution in [2.24, 2.45) is 0 Å². The summed E-state index contributed by atoms with van der Waals surface area (Å²) in [7, 11) is 0. The molecule has 3 nitrogen and oxygen atoms in total. The zero-order valence-electron chi connectivity index (χ0n) is 7.38. The summed E-state index contributed by atoms with van der Waals surface area (Å²) in [4.78, 5) is 13.3. The SMILES string of the molecule is O=C1CCCN1CC1CCCN1. The molecule has 2 saturated heterocycles. The number of nitrogens with one attached hydrogen (secondary N) is 1. The van der Waals surface area contributed by atoms with Gasteiger partial charge in [-0.1, -0.05) is 0 Å². The van der Waals surface area contributed by atoms with E-state index >= 15 is 0 Å². The Balaban J connectivity index is 1.81. The Labute approximate surface area is 73.1 Å². The molecule has 0 aromatic rings. The third-order valence-corrected chi connectivity index (χ3v) is 2.77. The Morgan fingerprint density at radius 1 is 1.50 bits per heavy atom. The van der Waals surface area contributed by atoms with Gasteiger partial charge in [-0.2, -0.15) is 0 Å². The number of nitrogens with zero attached hydrogens (tertiary/aromatic N) is 1. The number of amides is 1. The van der Waals surface area contributed by atoms with Crippen LogP contribution in [0.5, 0.6) is 0 Å². The van der Waals surface area contributed by atoms with Gasteiger partial charge in [0.1, 0.15) is 0 Å². The van der Waals surface area contributed by atoms with Gasteiger partial charge in [-0.05, 0) is 25.8 Å². The van der Waals surface area contributed by atoms with E-state index in [0.717, 1.165) is 32.5 Å². The lowest BCUT2D eigenvalue weighted by Gasteiger charge is -2.19. The van der Waals surface area contributed by atoms with E-state index < -0.39 is 0 Å². The molecule has 1 N–H and O–H groups in total. The molecule has 0 bridgehead atoms. The first-order chi connectivity index (χ1) is 5.86. The van der Waals surface area contributed by atoms with E-state index in [1.165, 1.54) is 12.8 Å². The first-order valence-corrected chi connectivity index (χ1v) is 4.87. The molecule has 68 valence electrons. The van der Waals surface area contributed by atoms with Crippen molar-refractivity contribution < 1.29 is 4.79 Å². The van der Waals surface area contributed by atoms with Gasteiger partial charge >= 0.3 is 0 Å². The molecular weight excluding hydrogens is 152 g/mol. The molecule has 1 amide bonds. The molecule has 0 aliphatic carbocycles. The van der Waals surface area contributed by atoms with Crippen molar-refractivity contribution in [3.05, 3.63) is 0 Å². The maximum Gasteiger partial charge on any atom is 0.222 e. The molecule has 0 aromatic carbocycles. The van der Waals surface area contributed by atoms with E-state index in [1.807, 2.05) is 4.90 Å². The summed E-state index contributed by atoms with van der Waals surface area (Å²) in [5.74, 6) is 0.351. The van der Waals surface area contributed by atoms with Crippen molar-refractivity contribution in [1.29, 1.82) is 0 Å². The van der Waals surface area contributed by atoms with Crippen LogP contribution in [0.25, 0.3) is 0 Å². The Morgan fingerprint density at radius 3 is 3.00 bits per heavy atom. The van der Waals surface area contributed by atoms with Gasteiger partial charge in [0.25, 0.3) is 0 Å². The molecule has 3 heteroatoms. The highest BCUT2D eigenvalue weighted by Gasteiger charge is 2.24. The highest BCUT2D eigenvalue weighted by molar-refractivity contribution is 5.78. The van der Waals surface area contributed by atoms with Gasteiger partial charge in [-0.15, -0.1) is 0 Å². The topological polar surface area (TPSA) is 32.3 Å². The zero-order chi connectivity index (χ0) is 8.39. The summed E-state index contributed by atoms with van der Waals surface area (Å²) in [6.45, 7) is 3.06. The predicted molar refractivity (Wildman–Crippen MR) is 46.8 cm³/mol. The van der Waals surface area contributed by atoms with Crippen LogP contribution >= 0.6 is 0 Å². The standard InChI is InChI=1S/C9H16N2O/c12-9-4-2-6-11(9)7-8-3-1-5-10-8/h8,10H,1-7H2. The quantitative estimate of drug-likeness (QED) is 0.645. The summed E-state index contributed by atoms with van der Waals surface area (Å²) in [6, 6.07) is 0.576. The van der Waals surface area contributed by atoms with E-state index in [0.29, 0.717) is 11.9 Å². The monoisotopic (exact) mass is 168 g/mol. The largest absolute Gasteiger partial charge is 0.341 e. The van der Waals surface area contributed by atoms with Crippen molar-refractivity contribution in [2.45, 2.75) is 31.7 Å². The second kappa shape index (κ2) is 3.44. The number of hydrogen-bond acceptors (Lipinski definition) is 2. The van der Waals surface area contributed by atoms with Crippen molar-refractivity contribution in [3.63, 3.8) is 0 Å². The van der Waals surface area contributed by atoms with E-state index in [1.54, 1.807) is 0 Å². The Bertz CT molecular complexity index is 175. The number of hydrogen-bond donors (Lipinski definition) is 1. The molecule has 2 heterocycles. The first-order valence-electron chi connectivity index (χ1n) is 4.87. The molecule has 2 aliphatic heterocycles. The van der Waals surface area contributed by atoms with Gasteiger partial charge in [0.2, 0.25) is 5.91 Å². The van der Waals surface area contributed by atoms with Crippen LogP contribution < -0.4 is 5.32 Å². The van der Waals surface area contributed by atoms with Crippen LogP contribution in [0.3, 0.4) is 0 Å². The highest BCUT2D eigenvalue weighted by atomic mass is 16.2. The lowest BCUT2D eigenvalue weighted by atomic mass is 10.2. The summed E-state index contributed by atoms with van der Waals surface area (Å²) in [5.41, 5.74) is 0.